The van der Waals surface area contributed by atoms with Crippen molar-refractivity contribution in [2.24, 2.45) is 0 Å². The van der Waals surface area contributed by atoms with Crippen molar-refractivity contribution in [2.45, 2.75) is 77.5 Å². The molecule has 1 aliphatic carbocycles. The Morgan fingerprint density at radius 3 is 2.35 bits per heavy atom. The maximum absolute atomic E-state index is 12.7. The van der Waals surface area contributed by atoms with E-state index >= 15 is 0 Å². The van der Waals surface area contributed by atoms with Crippen molar-refractivity contribution in [3.63, 3.8) is 0 Å². The number of aliphatic hydroxyl groups is 1. The molecule has 0 spiro atoms. The van der Waals surface area contributed by atoms with Crippen molar-refractivity contribution < 1.29 is 9.90 Å². The summed E-state index contributed by atoms with van der Waals surface area (Å²) in [4.78, 5) is 16.8. The van der Waals surface area contributed by atoms with E-state index in [0.29, 0.717) is 12.5 Å². The van der Waals surface area contributed by atoms with Gasteiger partial charge in [-0.2, -0.15) is 0 Å². The molecule has 118 valence electrons. The Balaban J connectivity index is 2.55. The van der Waals surface area contributed by atoms with E-state index < -0.39 is 0 Å². The third-order valence-corrected chi connectivity index (χ3v) is 4.56. The Morgan fingerprint density at radius 2 is 1.85 bits per heavy atom. The van der Waals surface area contributed by atoms with Crippen LogP contribution in [0, 0.1) is 0 Å². The maximum atomic E-state index is 12.7. The third-order valence-electron chi connectivity index (χ3n) is 4.56. The standard InChI is InChI=1S/C16H32N2O2/c1-5-18(15-9-7-6-8-10-15)16(20)14(3)17(4)12-11-13(2)19/h13-15,19H,5-12H2,1-4H3. The molecule has 20 heavy (non-hydrogen) atoms. The van der Waals surface area contributed by atoms with Crippen LogP contribution in [-0.2, 0) is 4.79 Å². The molecule has 0 heterocycles. The zero-order valence-corrected chi connectivity index (χ0v) is 13.6. The number of carbonyl (C=O) groups excluding carboxylic acids is 1. The van der Waals surface area contributed by atoms with E-state index in [1.165, 1.54) is 19.3 Å². The Labute approximate surface area is 124 Å². The Hall–Kier alpha value is -0.610. The minimum absolute atomic E-state index is 0.101. The second kappa shape index (κ2) is 8.63. The van der Waals surface area contributed by atoms with Gasteiger partial charge in [0.05, 0.1) is 12.1 Å². The molecular weight excluding hydrogens is 252 g/mol. The molecule has 0 aromatic heterocycles. The first-order valence-electron chi connectivity index (χ1n) is 8.16. The molecule has 0 aromatic carbocycles. The van der Waals surface area contributed by atoms with Gasteiger partial charge in [0.1, 0.15) is 0 Å². The van der Waals surface area contributed by atoms with E-state index in [2.05, 4.69) is 16.7 Å². The number of carbonyl (C=O) groups is 1. The van der Waals surface area contributed by atoms with E-state index in [9.17, 15) is 9.90 Å². The lowest BCUT2D eigenvalue weighted by molar-refractivity contribution is -0.138. The minimum Gasteiger partial charge on any atom is -0.393 e. The highest BCUT2D eigenvalue weighted by molar-refractivity contribution is 5.81. The van der Waals surface area contributed by atoms with E-state index in [1.807, 2.05) is 14.0 Å². The highest BCUT2D eigenvalue weighted by Crippen LogP contribution is 2.23. The van der Waals surface area contributed by atoms with Crippen LogP contribution in [0.25, 0.3) is 0 Å². The number of likely N-dealkylation sites (N-methyl/N-ethyl adjacent to an activating group) is 2. The van der Waals surface area contributed by atoms with Crippen molar-refractivity contribution in [3.8, 4) is 0 Å². The van der Waals surface area contributed by atoms with Crippen LogP contribution in [-0.4, -0.2) is 59.1 Å². The molecule has 0 radical (unpaired) electrons. The van der Waals surface area contributed by atoms with Crippen molar-refractivity contribution in [2.75, 3.05) is 20.1 Å². The number of nitrogens with zero attached hydrogens (tertiary/aromatic N) is 2. The summed E-state index contributed by atoms with van der Waals surface area (Å²) >= 11 is 0. The largest absolute Gasteiger partial charge is 0.393 e. The molecule has 1 fully saturated rings. The van der Waals surface area contributed by atoms with Crippen LogP contribution < -0.4 is 0 Å². The van der Waals surface area contributed by atoms with E-state index in [1.54, 1.807) is 6.92 Å². The number of rotatable bonds is 7. The minimum atomic E-state index is -0.305. The van der Waals surface area contributed by atoms with Gasteiger partial charge in [-0.25, -0.2) is 0 Å². The van der Waals surface area contributed by atoms with Crippen molar-refractivity contribution in [3.05, 3.63) is 0 Å². The van der Waals surface area contributed by atoms with Crippen molar-refractivity contribution >= 4 is 5.91 Å². The molecule has 1 rings (SSSR count). The average molecular weight is 284 g/mol. The summed E-state index contributed by atoms with van der Waals surface area (Å²) in [7, 11) is 1.97. The fourth-order valence-electron chi connectivity index (χ4n) is 3.00. The fourth-order valence-corrected chi connectivity index (χ4v) is 3.00. The summed E-state index contributed by atoms with van der Waals surface area (Å²) in [6.45, 7) is 7.41. The van der Waals surface area contributed by atoms with Gasteiger partial charge in [0, 0.05) is 19.1 Å². The van der Waals surface area contributed by atoms with Gasteiger partial charge in [-0.3, -0.25) is 9.69 Å². The first-order chi connectivity index (χ1) is 9.47. The van der Waals surface area contributed by atoms with Gasteiger partial charge in [0.2, 0.25) is 5.91 Å². The molecule has 1 N–H and O–H groups in total. The lowest BCUT2D eigenvalue weighted by Crippen LogP contribution is -2.50. The van der Waals surface area contributed by atoms with Crippen LogP contribution in [0.4, 0.5) is 0 Å². The first kappa shape index (κ1) is 17.4. The highest BCUT2D eigenvalue weighted by atomic mass is 16.3. The summed E-state index contributed by atoms with van der Waals surface area (Å²) in [5.41, 5.74) is 0. The lowest BCUT2D eigenvalue weighted by Gasteiger charge is -2.37. The van der Waals surface area contributed by atoms with Crippen LogP contribution in [0.2, 0.25) is 0 Å². The maximum Gasteiger partial charge on any atom is 0.239 e. The molecular formula is C16H32N2O2. The number of hydrogen-bond acceptors (Lipinski definition) is 3. The predicted molar refractivity (Wildman–Crippen MR) is 82.6 cm³/mol. The van der Waals surface area contributed by atoms with Gasteiger partial charge in [-0.05, 0) is 47.1 Å². The van der Waals surface area contributed by atoms with Crippen LogP contribution in [0.15, 0.2) is 0 Å². The van der Waals surface area contributed by atoms with Gasteiger partial charge in [-0.1, -0.05) is 19.3 Å². The summed E-state index contributed by atoms with van der Waals surface area (Å²) in [5, 5.41) is 9.36. The Kier molecular flexibility index (Phi) is 7.52. The lowest BCUT2D eigenvalue weighted by atomic mass is 9.93. The van der Waals surface area contributed by atoms with E-state index in [4.69, 9.17) is 0 Å². The Morgan fingerprint density at radius 1 is 1.25 bits per heavy atom. The molecule has 1 amide bonds. The predicted octanol–water partition coefficient (Wildman–Crippen LogP) is 2.26. The van der Waals surface area contributed by atoms with Crippen molar-refractivity contribution in [1.29, 1.82) is 0 Å². The SMILES string of the molecule is CCN(C(=O)C(C)N(C)CCC(C)O)C1CCCCC1. The van der Waals surface area contributed by atoms with Gasteiger partial charge >= 0.3 is 0 Å². The smallest absolute Gasteiger partial charge is 0.239 e. The zero-order chi connectivity index (χ0) is 15.1. The monoisotopic (exact) mass is 284 g/mol. The summed E-state index contributed by atoms with van der Waals surface area (Å²) < 4.78 is 0. The van der Waals surface area contributed by atoms with Crippen LogP contribution in [0.5, 0.6) is 0 Å². The fraction of sp³-hybridized carbons (Fsp3) is 0.938. The molecule has 2 atom stereocenters. The van der Waals surface area contributed by atoms with Gasteiger partial charge in [-0.15, -0.1) is 0 Å². The Bertz CT molecular complexity index is 288. The zero-order valence-electron chi connectivity index (χ0n) is 13.6. The van der Waals surface area contributed by atoms with Gasteiger partial charge in [0.25, 0.3) is 0 Å². The molecule has 1 saturated carbocycles. The first-order valence-corrected chi connectivity index (χ1v) is 8.16. The van der Waals surface area contributed by atoms with E-state index in [-0.39, 0.29) is 18.1 Å². The molecule has 4 nitrogen and oxygen atoms in total. The number of aliphatic hydroxyl groups excluding tert-OH is 1. The number of hydrogen-bond donors (Lipinski definition) is 1. The topological polar surface area (TPSA) is 43.8 Å². The average Bonchev–Trinajstić information content (AvgIpc) is 2.45. The summed E-state index contributed by atoms with van der Waals surface area (Å²) in [6.07, 6.45) is 6.53. The third kappa shape index (κ3) is 5.06. The molecule has 4 heteroatoms. The molecule has 0 aromatic rings. The molecule has 2 unspecified atom stereocenters. The van der Waals surface area contributed by atoms with Gasteiger partial charge in [0.15, 0.2) is 0 Å². The van der Waals surface area contributed by atoms with Crippen LogP contribution in [0.3, 0.4) is 0 Å². The second-order valence-corrected chi connectivity index (χ2v) is 6.21. The molecule has 0 aliphatic heterocycles. The van der Waals surface area contributed by atoms with Crippen molar-refractivity contribution in [1.82, 2.24) is 9.80 Å². The molecule has 0 saturated heterocycles. The van der Waals surface area contributed by atoms with Gasteiger partial charge < -0.3 is 10.0 Å². The van der Waals surface area contributed by atoms with Crippen LogP contribution in [0.1, 0.15) is 59.3 Å². The van der Waals surface area contributed by atoms with E-state index in [0.717, 1.165) is 25.9 Å². The molecule has 1 aliphatic rings. The second-order valence-electron chi connectivity index (χ2n) is 6.21. The molecule has 0 bridgehead atoms. The summed E-state index contributed by atoms with van der Waals surface area (Å²) in [5.74, 6) is 0.243. The quantitative estimate of drug-likeness (QED) is 0.780. The normalized spacial score (nSPS) is 19.9. The number of amides is 1. The highest BCUT2D eigenvalue weighted by Gasteiger charge is 2.29. The van der Waals surface area contributed by atoms with Crippen LogP contribution >= 0.6 is 0 Å². The summed E-state index contributed by atoms with van der Waals surface area (Å²) in [6, 6.07) is 0.337.